The molecule has 1 heterocycles. The number of hydrogen-bond donors (Lipinski definition) is 0. The molecule has 19 heavy (non-hydrogen) atoms. The Morgan fingerprint density at radius 1 is 1.42 bits per heavy atom. The molecule has 0 amide bonds. The van der Waals surface area contributed by atoms with Gasteiger partial charge in [0.2, 0.25) is 0 Å². The fraction of sp³-hybridized carbons (Fsp3) is 0.500. The van der Waals surface area contributed by atoms with Crippen molar-refractivity contribution in [3.05, 3.63) is 28.2 Å². The molecule has 0 bridgehead atoms. The Bertz CT molecular complexity index is 465. The van der Waals surface area contributed by atoms with Crippen molar-refractivity contribution in [2.24, 2.45) is 0 Å². The van der Waals surface area contributed by atoms with Gasteiger partial charge in [-0.1, -0.05) is 53.3 Å². The SMILES string of the molecule is CCCCN1CSC(=S)N(c2ccc(Br)c(C)c2)C1. The molecule has 5 heteroatoms. The highest BCUT2D eigenvalue weighted by Crippen LogP contribution is 2.28. The average Bonchev–Trinajstić information content (AvgIpc) is 2.41. The lowest BCUT2D eigenvalue weighted by molar-refractivity contribution is 0.323. The molecule has 1 aromatic carbocycles. The van der Waals surface area contributed by atoms with Crippen molar-refractivity contribution < 1.29 is 0 Å². The molecule has 0 N–H and O–H groups in total. The highest BCUT2D eigenvalue weighted by atomic mass is 79.9. The van der Waals surface area contributed by atoms with Crippen molar-refractivity contribution in [3.63, 3.8) is 0 Å². The normalized spacial score (nSPS) is 17.0. The smallest absolute Gasteiger partial charge is 0.143 e. The summed E-state index contributed by atoms with van der Waals surface area (Å²) in [6.45, 7) is 6.41. The second-order valence-electron chi connectivity index (χ2n) is 4.79. The third-order valence-electron chi connectivity index (χ3n) is 3.21. The van der Waals surface area contributed by atoms with E-state index in [1.165, 1.54) is 24.1 Å². The molecule has 0 unspecified atom stereocenters. The van der Waals surface area contributed by atoms with E-state index >= 15 is 0 Å². The summed E-state index contributed by atoms with van der Waals surface area (Å²) in [5, 5.41) is 0. The van der Waals surface area contributed by atoms with Crippen molar-refractivity contribution in [3.8, 4) is 0 Å². The van der Waals surface area contributed by atoms with Crippen LogP contribution >= 0.6 is 39.9 Å². The number of nitrogens with zero attached hydrogens (tertiary/aromatic N) is 2. The quantitative estimate of drug-likeness (QED) is 0.724. The fourth-order valence-electron chi connectivity index (χ4n) is 2.02. The van der Waals surface area contributed by atoms with Crippen LogP contribution in [0.1, 0.15) is 25.3 Å². The molecule has 1 aromatic rings. The van der Waals surface area contributed by atoms with Gasteiger partial charge in [-0.3, -0.25) is 4.90 Å². The van der Waals surface area contributed by atoms with Crippen LogP contribution in [-0.4, -0.2) is 28.3 Å². The predicted octanol–water partition coefficient (Wildman–Crippen LogP) is 4.61. The van der Waals surface area contributed by atoms with Crippen LogP contribution < -0.4 is 4.90 Å². The van der Waals surface area contributed by atoms with E-state index in [1.54, 1.807) is 11.8 Å². The summed E-state index contributed by atoms with van der Waals surface area (Å²) in [7, 11) is 0. The van der Waals surface area contributed by atoms with Crippen LogP contribution in [0.3, 0.4) is 0 Å². The van der Waals surface area contributed by atoms with Crippen LogP contribution in [0, 0.1) is 6.92 Å². The van der Waals surface area contributed by atoms with Gasteiger partial charge in [-0.15, -0.1) is 0 Å². The van der Waals surface area contributed by atoms with Gasteiger partial charge in [0.25, 0.3) is 0 Å². The van der Waals surface area contributed by atoms with E-state index in [1.807, 2.05) is 0 Å². The van der Waals surface area contributed by atoms with E-state index in [-0.39, 0.29) is 0 Å². The first-order chi connectivity index (χ1) is 9.11. The summed E-state index contributed by atoms with van der Waals surface area (Å²) in [5.74, 6) is 1.02. The molecule has 2 rings (SSSR count). The number of thioether (sulfide) groups is 1. The van der Waals surface area contributed by atoms with Gasteiger partial charge in [-0.05, 0) is 37.1 Å². The highest BCUT2D eigenvalue weighted by molar-refractivity contribution is 9.10. The molecule has 2 nitrogen and oxygen atoms in total. The van der Waals surface area contributed by atoms with Crippen molar-refractivity contribution in [1.29, 1.82) is 0 Å². The molecular formula is C14H19BrN2S2. The lowest BCUT2D eigenvalue weighted by atomic mass is 10.2. The molecule has 1 saturated heterocycles. The maximum atomic E-state index is 5.50. The first-order valence-electron chi connectivity index (χ1n) is 6.54. The average molecular weight is 359 g/mol. The van der Waals surface area contributed by atoms with E-state index < -0.39 is 0 Å². The number of halogens is 1. The molecule has 1 aliphatic rings. The number of aryl methyl sites for hydroxylation is 1. The maximum absolute atomic E-state index is 5.50. The van der Waals surface area contributed by atoms with Crippen molar-refractivity contribution in [2.45, 2.75) is 26.7 Å². The van der Waals surface area contributed by atoms with Crippen molar-refractivity contribution in [2.75, 3.05) is 24.0 Å². The van der Waals surface area contributed by atoms with Crippen molar-refractivity contribution >= 4 is 49.9 Å². The molecule has 0 aliphatic carbocycles. The van der Waals surface area contributed by atoms with Crippen molar-refractivity contribution in [1.82, 2.24) is 4.90 Å². The topological polar surface area (TPSA) is 6.48 Å². The third-order valence-corrected chi connectivity index (χ3v) is 5.64. The second kappa shape index (κ2) is 7.07. The van der Waals surface area contributed by atoms with Crippen LogP contribution in [-0.2, 0) is 0 Å². The Kier molecular flexibility index (Phi) is 5.69. The van der Waals surface area contributed by atoms with Crippen LogP contribution in [0.25, 0.3) is 0 Å². The van der Waals surface area contributed by atoms with Crippen LogP contribution in [0.5, 0.6) is 0 Å². The number of rotatable bonds is 4. The fourth-order valence-corrected chi connectivity index (χ4v) is 3.41. The minimum Gasteiger partial charge on any atom is -0.314 e. The zero-order chi connectivity index (χ0) is 13.8. The van der Waals surface area contributed by atoms with Gasteiger partial charge in [0.05, 0.1) is 12.5 Å². The summed E-state index contributed by atoms with van der Waals surface area (Å²) in [4.78, 5) is 4.69. The largest absolute Gasteiger partial charge is 0.314 e. The number of anilines is 1. The maximum Gasteiger partial charge on any atom is 0.143 e. The van der Waals surface area contributed by atoms with E-state index in [0.29, 0.717) is 0 Å². The number of benzene rings is 1. The molecular weight excluding hydrogens is 340 g/mol. The number of thiocarbonyl (C=S) groups is 1. The lowest BCUT2D eigenvalue weighted by Crippen LogP contribution is -2.45. The first-order valence-corrected chi connectivity index (χ1v) is 8.73. The summed E-state index contributed by atoms with van der Waals surface area (Å²) >= 11 is 10.8. The van der Waals surface area contributed by atoms with E-state index in [0.717, 1.165) is 27.9 Å². The Morgan fingerprint density at radius 2 is 2.21 bits per heavy atom. The minimum atomic E-state index is 0.910. The van der Waals surface area contributed by atoms with E-state index in [4.69, 9.17) is 12.2 Å². The lowest BCUT2D eigenvalue weighted by Gasteiger charge is -2.36. The van der Waals surface area contributed by atoms with Crippen LogP contribution in [0.4, 0.5) is 5.69 Å². The molecule has 0 spiro atoms. The molecule has 104 valence electrons. The van der Waals surface area contributed by atoms with Crippen LogP contribution in [0.2, 0.25) is 0 Å². The van der Waals surface area contributed by atoms with Gasteiger partial charge < -0.3 is 4.90 Å². The molecule has 1 aliphatic heterocycles. The van der Waals surface area contributed by atoms with E-state index in [9.17, 15) is 0 Å². The Hall–Kier alpha value is -0.100. The minimum absolute atomic E-state index is 0.910. The number of hydrogen-bond acceptors (Lipinski definition) is 3. The molecule has 1 fully saturated rings. The summed E-state index contributed by atoms with van der Waals surface area (Å²) in [5.41, 5.74) is 2.44. The second-order valence-corrected chi connectivity index (χ2v) is 7.22. The van der Waals surface area contributed by atoms with E-state index in [2.05, 4.69) is 57.8 Å². The third kappa shape index (κ3) is 3.94. The number of unbranched alkanes of at least 4 members (excludes halogenated alkanes) is 1. The van der Waals surface area contributed by atoms with Gasteiger partial charge in [0.15, 0.2) is 0 Å². The first kappa shape index (κ1) is 15.3. The zero-order valence-corrected chi connectivity index (χ0v) is 14.6. The zero-order valence-electron chi connectivity index (χ0n) is 11.4. The summed E-state index contributed by atoms with van der Waals surface area (Å²) in [6.07, 6.45) is 2.49. The Labute approximate surface area is 133 Å². The predicted molar refractivity (Wildman–Crippen MR) is 92.9 cm³/mol. The monoisotopic (exact) mass is 358 g/mol. The highest BCUT2D eigenvalue weighted by Gasteiger charge is 2.22. The standard InChI is InChI=1S/C14H19BrN2S2/c1-3-4-7-16-9-17(14(18)19-10-16)12-5-6-13(15)11(2)8-12/h5-6,8H,3-4,7,9-10H2,1-2H3. The molecule has 0 radical (unpaired) electrons. The summed E-state index contributed by atoms with van der Waals surface area (Å²) in [6, 6.07) is 6.43. The summed E-state index contributed by atoms with van der Waals surface area (Å²) < 4.78 is 2.13. The molecule has 0 atom stereocenters. The molecule has 0 saturated carbocycles. The van der Waals surface area contributed by atoms with Gasteiger partial charge in [0, 0.05) is 16.7 Å². The van der Waals surface area contributed by atoms with Gasteiger partial charge in [-0.25, -0.2) is 0 Å². The van der Waals surface area contributed by atoms with Gasteiger partial charge in [0.1, 0.15) is 4.32 Å². The van der Waals surface area contributed by atoms with Gasteiger partial charge >= 0.3 is 0 Å². The van der Waals surface area contributed by atoms with Gasteiger partial charge in [-0.2, -0.15) is 0 Å². The van der Waals surface area contributed by atoms with Crippen LogP contribution in [0.15, 0.2) is 22.7 Å². The Balaban J connectivity index is 2.11. The Morgan fingerprint density at radius 3 is 2.89 bits per heavy atom. The molecule has 0 aromatic heterocycles.